The number of nitrogens with zero attached hydrogens (tertiary/aromatic N) is 15. The summed E-state index contributed by atoms with van der Waals surface area (Å²) in [6, 6.07) is 14.0. The van der Waals surface area contributed by atoms with E-state index in [2.05, 4.69) is 81.2 Å². The van der Waals surface area contributed by atoms with Gasteiger partial charge in [0.05, 0.1) is 133 Å². The zero-order valence-electron chi connectivity index (χ0n) is 79.0. The summed E-state index contributed by atoms with van der Waals surface area (Å²) in [7, 11) is 7.16. The van der Waals surface area contributed by atoms with Crippen LogP contribution in [0.25, 0.3) is 0 Å². The van der Waals surface area contributed by atoms with Gasteiger partial charge in [0.25, 0.3) is 0 Å². The van der Waals surface area contributed by atoms with Crippen LogP contribution in [0.2, 0.25) is 0 Å². The number of hydrogen-bond acceptors (Lipinski definition) is 27. The summed E-state index contributed by atoms with van der Waals surface area (Å²) in [5.41, 5.74) is 0.747. The van der Waals surface area contributed by atoms with Gasteiger partial charge >= 0.3 is 0 Å². The first-order valence-corrected chi connectivity index (χ1v) is 50.3. The molecule has 0 unspecified atom stereocenters. The summed E-state index contributed by atoms with van der Waals surface area (Å²) < 4.78 is 70.0. The van der Waals surface area contributed by atoms with Crippen LogP contribution >= 0.6 is 0 Å². The van der Waals surface area contributed by atoms with Gasteiger partial charge in [0.2, 0.25) is 29.6 Å². The Kier molecular flexibility index (Phi) is 27.5. The Morgan fingerprint density at radius 2 is 0.718 bits per heavy atom. The molecule has 31 nitrogen and oxygen atoms in total. The molecule has 0 N–H and O–H groups in total. The molecule has 4 saturated carbocycles. The summed E-state index contributed by atoms with van der Waals surface area (Å²) in [6.45, 7) is 24.9. The number of pyridine rings is 1. The second-order valence-corrected chi connectivity index (χ2v) is 42.6. The van der Waals surface area contributed by atoms with Gasteiger partial charge in [-0.3, -0.25) is 19.2 Å². The van der Waals surface area contributed by atoms with E-state index in [4.69, 9.17) is 61.8 Å². The first-order chi connectivity index (χ1) is 63.8. The van der Waals surface area contributed by atoms with Crippen molar-refractivity contribution in [2.45, 2.75) is 260 Å². The molecule has 4 amide bonds. The molecule has 0 radical (unpaired) electrons. The smallest absolute Gasteiger partial charge is 0.231 e. The standard InChI is InChI=1S/C26H37N3O4.2C25H36N4O4.C24H36N4O4/c1-17-4-3-5-24(27-17)28-14-21-12-20(28)15-29(21)25(30)26-7-9-33-23(26)11-18(13-26)10-19-6-8-32-16-22(19)31-2;1-16-26-6-3-23(27-16)28-13-20-11-19(28)14-29(20)24(30)25-5-8-33-22(25)10-17(12-25)9-18-4-7-32-15-21(18)31-2;1-16-3-6-26-24(27-16)29-14-19-11-20(29)13-28(19)23(30)25-5-8-33-22(25)10-17(12-25)9-18-4-7-32-15-21(18)31-2;1-17-25-6-3-22(26-17)27-7-9-28(10-8-27)23(29)24-5-12-32-21(24)14-18(15-24)13-19-4-11-31-16-20(19)30-2/h3-5,18-23H,6-16H2,1-2H3;2*3,6,17-22H,4-5,7-15H2,1-2H3;3,6,18-21H,4-5,7-16H2,1-2H3/t18-,19-,20+,21+,22-,23-,26-;2*17-,18-,19+,20+,21-,22-,25-;18-,19-,20-,21-,24-/m1111/s1. The van der Waals surface area contributed by atoms with E-state index < -0.39 is 0 Å². The van der Waals surface area contributed by atoms with Crippen LogP contribution in [0.1, 0.15) is 171 Å². The topological polar surface area (TPSA) is 295 Å². The lowest BCUT2D eigenvalue weighted by molar-refractivity contribution is -0.146. The summed E-state index contributed by atoms with van der Waals surface area (Å²) in [6.07, 6.45) is 29.6. The van der Waals surface area contributed by atoms with Crippen LogP contribution in [-0.4, -0.2) is 336 Å². The normalized spacial score (nSPS) is 38.8. The monoisotopic (exact) mass is 1810 g/mol. The molecule has 26 atom stereocenters. The fourth-order valence-corrected chi connectivity index (χ4v) is 28.8. The molecule has 4 aliphatic carbocycles. The summed E-state index contributed by atoms with van der Waals surface area (Å²) in [5, 5.41) is 0. The van der Waals surface area contributed by atoms with E-state index in [1.807, 2.05) is 64.4 Å². The van der Waals surface area contributed by atoms with Gasteiger partial charge in [0.15, 0.2) is 0 Å². The Morgan fingerprint density at radius 1 is 0.366 bits per heavy atom. The maximum absolute atomic E-state index is 14.1. The molecule has 4 aromatic heterocycles. The van der Waals surface area contributed by atoms with E-state index in [9.17, 15) is 19.2 Å². The van der Waals surface area contributed by atoms with Gasteiger partial charge in [-0.2, -0.15) is 0 Å². The van der Waals surface area contributed by atoms with Gasteiger partial charge < -0.3 is 96.0 Å². The number of hydrogen-bond donors (Lipinski definition) is 0. The van der Waals surface area contributed by atoms with E-state index in [0.717, 1.165) is 299 Å². The number of anilines is 4. The van der Waals surface area contributed by atoms with Crippen molar-refractivity contribution in [2.75, 3.05) is 193 Å². The summed E-state index contributed by atoms with van der Waals surface area (Å²) in [5.74, 6) is 11.0. The van der Waals surface area contributed by atoms with Gasteiger partial charge in [-0.25, -0.2) is 34.9 Å². The second kappa shape index (κ2) is 39.2. The largest absolute Gasteiger partial charge is 0.379 e. The highest BCUT2D eigenvalue weighted by Gasteiger charge is 2.65. The molecular formula is C100H145N15O16. The quantitative estimate of drug-likeness (QED) is 0.0796. The molecule has 4 aromatic rings. The van der Waals surface area contributed by atoms with Crippen LogP contribution in [0.15, 0.2) is 55.0 Å². The lowest BCUT2D eigenvalue weighted by Crippen LogP contribution is -2.54. The Bertz CT molecular complexity index is 4300. The predicted octanol–water partition coefficient (Wildman–Crippen LogP) is 9.27. The van der Waals surface area contributed by atoms with Crippen molar-refractivity contribution in [3.05, 3.63) is 78.0 Å². The van der Waals surface area contributed by atoms with E-state index in [0.29, 0.717) is 135 Å². The van der Waals surface area contributed by atoms with Crippen molar-refractivity contribution in [1.29, 1.82) is 0 Å². The van der Waals surface area contributed by atoms with Crippen LogP contribution in [0.3, 0.4) is 0 Å². The average Bonchev–Trinajstić information content (AvgIpc) is 1.58. The van der Waals surface area contributed by atoms with Crippen molar-refractivity contribution >= 4 is 47.0 Å². The number of piperazine rings is 4. The minimum atomic E-state index is -0.327. The lowest BCUT2D eigenvalue weighted by Gasteiger charge is -2.40. The van der Waals surface area contributed by atoms with E-state index in [1.54, 1.807) is 34.6 Å². The van der Waals surface area contributed by atoms with Crippen LogP contribution in [0, 0.1) is 96.7 Å². The maximum atomic E-state index is 14.1. The molecule has 31 heteroatoms. The van der Waals surface area contributed by atoms with Gasteiger partial charge in [0.1, 0.15) is 29.1 Å². The highest BCUT2D eigenvalue weighted by Crippen LogP contribution is 2.59. The number of methoxy groups -OCH3 is 4. The number of carbonyl (C=O) groups is 4. The van der Waals surface area contributed by atoms with Gasteiger partial charge in [-0.1, -0.05) is 6.07 Å². The predicted molar refractivity (Wildman–Crippen MR) is 487 cm³/mol. The molecule has 6 bridgehead atoms. The minimum absolute atomic E-state index is 0.0726. The van der Waals surface area contributed by atoms with E-state index in [-0.39, 0.29) is 82.6 Å². The van der Waals surface area contributed by atoms with Crippen molar-refractivity contribution < 1.29 is 76.0 Å². The van der Waals surface area contributed by atoms with Gasteiger partial charge in [-0.05, 0) is 253 Å². The number of amides is 4. The number of aryl methyl sites for hydroxylation is 4. The summed E-state index contributed by atoms with van der Waals surface area (Å²) >= 11 is 0. The van der Waals surface area contributed by atoms with Crippen molar-refractivity contribution in [3.8, 4) is 0 Å². The van der Waals surface area contributed by atoms with Crippen molar-refractivity contribution in [2.24, 2.45) is 69.0 Å². The third kappa shape index (κ3) is 18.1. The highest BCUT2D eigenvalue weighted by molar-refractivity contribution is 5.87. The molecular weight excluding hydrogens is 1670 g/mol. The molecule has 15 aliphatic heterocycles. The zero-order valence-corrected chi connectivity index (χ0v) is 79.0. The molecule has 131 heavy (non-hydrogen) atoms. The van der Waals surface area contributed by atoms with Crippen molar-refractivity contribution in [3.63, 3.8) is 0 Å². The van der Waals surface area contributed by atoms with Crippen molar-refractivity contribution in [1.82, 2.24) is 54.5 Å². The summed E-state index contributed by atoms with van der Waals surface area (Å²) in [4.78, 5) is 105. The first-order valence-electron chi connectivity index (χ1n) is 50.3. The number of carbonyl (C=O) groups excluding carboxylic acids is 4. The number of ether oxygens (including phenoxy) is 12. The second-order valence-electron chi connectivity index (χ2n) is 42.6. The van der Waals surface area contributed by atoms with Crippen LogP contribution in [0.4, 0.5) is 23.4 Å². The highest BCUT2D eigenvalue weighted by atomic mass is 16.5. The SMILES string of the molecule is CO[C@@H]1COCC[C@@H]1C[C@@H]1C[C@H]2OCC[C@@]2(C(=O)N2CCN(c3ccnc(C)n3)CC2)C1.CO[C@@H]1COCC[C@@H]1C[C@@H]1C[C@H]2OCC[C@@]2(C(=O)N2C[C@@H]3C[C@H]2CN3c2cccc(C)n2)C1.CO[C@@H]1COCC[C@@H]1C[C@@H]1C[C@H]2OCC[C@@]2(C(=O)N2C[C@@H]3C[C@H]2CN3c2ccnc(C)n2)C1.CO[C@@H]1COCC[C@@H]1C[C@@H]1C[C@H]2OCC[C@@]2(C(=O)N2C[C@@H]3C[C@H]2CN3c2nccc(C)n2)C1. The minimum Gasteiger partial charge on any atom is -0.379 e. The molecule has 716 valence electrons. The molecule has 0 aromatic carbocycles. The Morgan fingerprint density at radius 3 is 1.08 bits per heavy atom. The number of likely N-dealkylation sites (tertiary alicyclic amines) is 3. The zero-order chi connectivity index (χ0) is 89.9. The Hall–Kier alpha value is -7.01. The van der Waals surface area contributed by atoms with Gasteiger partial charge in [-0.15, -0.1) is 0 Å². The molecule has 0 spiro atoms. The average molecular weight is 1810 g/mol. The molecule has 19 heterocycles. The van der Waals surface area contributed by atoms with Crippen LogP contribution < -0.4 is 19.6 Å². The van der Waals surface area contributed by atoms with Crippen LogP contribution in [-0.2, 0) is 76.0 Å². The third-order valence-corrected chi connectivity index (χ3v) is 35.4. The maximum Gasteiger partial charge on any atom is 0.231 e. The van der Waals surface area contributed by atoms with E-state index >= 15 is 0 Å². The van der Waals surface area contributed by atoms with Crippen LogP contribution in [0.5, 0.6) is 0 Å². The molecule has 15 saturated heterocycles. The first kappa shape index (κ1) is 91.7. The lowest BCUT2D eigenvalue weighted by atomic mass is 9.78. The Labute approximate surface area is 773 Å². The number of rotatable bonds is 20. The number of fused-ring (bicyclic) bond motifs is 10. The molecule has 23 rings (SSSR count). The fraction of sp³-hybridized carbons (Fsp3) is 0.790. The number of aromatic nitrogens is 7. The van der Waals surface area contributed by atoms with E-state index in [1.165, 1.54) is 0 Å². The third-order valence-electron chi connectivity index (χ3n) is 35.4. The molecule has 19 fully saturated rings. The molecule has 19 aliphatic rings. The van der Waals surface area contributed by atoms with Gasteiger partial charge in [0, 0.05) is 177 Å². The Balaban J connectivity index is 0.000000109. The fourth-order valence-electron chi connectivity index (χ4n) is 28.8.